The number of carbonyl (C=O) groups is 3. The summed E-state index contributed by atoms with van der Waals surface area (Å²) >= 11 is 0. The van der Waals surface area contributed by atoms with E-state index in [0.717, 1.165) is 5.56 Å². The van der Waals surface area contributed by atoms with E-state index in [2.05, 4.69) is 25.8 Å². The normalized spacial score (nSPS) is 15.2. The van der Waals surface area contributed by atoms with Crippen LogP contribution in [-0.2, 0) is 31.7 Å². The summed E-state index contributed by atoms with van der Waals surface area (Å²) in [5.74, 6) is -4.46. The number of nitrogens with zero attached hydrogens (tertiary/aromatic N) is 2. The van der Waals surface area contributed by atoms with Crippen molar-refractivity contribution in [2.45, 2.75) is 71.3 Å². The number of aliphatic carboxylic acids is 1. The summed E-state index contributed by atoms with van der Waals surface area (Å²) in [5.41, 5.74) is 1.01. The molecule has 0 radical (unpaired) electrons. The van der Waals surface area contributed by atoms with Crippen LogP contribution in [0.2, 0.25) is 0 Å². The monoisotopic (exact) mass is 617 g/mol. The Morgan fingerprint density at radius 2 is 1.81 bits per heavy atom. The molecule has 0 fully saturated rings. The quantitative estimate of drug-likeness (QED) is 0.163. The molecular weight excluding hydrogens is 577 g/mol. The molecule has 1 aromatic carbocycles. The largest absolute Gasteiger partial charge is 0.481 e. The Hall–Kier alpha value is -3.96. The van der Waals surface area contributed by atoms with Gasteiger partial charge in [0.15, 0.2) is 0 Å². The van der Waals surface area contributed by atoms with Crippen LogP contribution < -0.4 is 10.6 Å². The van der Waals surface area contributed by atoms with Crippen LogP contribution in [0.5, 0.6) is 0 Å². The molecule has 0 aliphatic carbocycles. The summed E-state index contributed by atoms with van der Waals surface area (Å²) in [6.45, 7) is 8.66. The number of carboxylic acids is 1. The fourth-order valence-corrected chi connectivity index (χ4v) is 6.63. The average Bonchev–Trinajstić information content (AvgIpc) is 3.59. The number of benzene rings is 1. The van der Waals surface area contributed by atoms with E-state index in [9.17, 15) is 28.9 Å². The van der Waals surface area contributed by atoms with E-state index in [1.165, 1.54) is 12.5 Å². The first-order valence-electron chi connectivity index (χ1n) is 14.0. The number of aromatic nitrogens is 3. The predicted molar refractivity (Wildman–Crippen MR) is 158 cm³/mol. The van der Waals surface area contributed by atoms with Gasteiger partial charge in [-0.1, -0.05) is 49.3 Å². The number of H-pyrrole nitrogens is 1. The molecular formula is C29H40N5O8P. The maximum absolute atomic E-state index is 13.8. The lowest BCUT2D eigenvalue weighted by Gasteiger charge is -2.29. The predicted octanol–water partition coefficient (Wildman–Crippen LogP) is 4.20. The van der Waals surface area contributed by atoms with E-state index < -0.39 is 54.8 Å². The Balaban J connectivity index is 1.78. The van der Waals surface area contributed by atoms with Crippen molar-refractivity contribution in [1.29, 1.82) is 0 Å². The van der Waals surface area contributed by atoms with Crippen LogP contribution in [0.25, 0.3) is 11.3 Å². The van der Waals surface area contributed by atoms with Gasteiger partial charge in [0.05, 0.1) is 12.2 Å². The summed E-state index contributed by atoms with van der Waals surface area (Å²) in [6.07, 6.45) is 1.37. The molecule has 0 bridgehead atoms. The number of carboxylic acid groups (broad SMARTS) is 1. The molecule has 2 heterocycles. The molecule has 4 atom stereocenters. The molecule has 3 rings (SSSR count). The summed E-state index contributed by atoms with van der Waals surface area (Å²) in [6, 6.07) is 9.59. The van der Waals surface area contributed by atoms with Gasteiger partial charge in [-0.2, -0.15) is 0 Å². The first kappa shape index (κ1) is 33.5. The fourth-order valence-electron chi connectivity index (χ4n) is 4.38. The van der Waals surface area contributed by atoms with Crippen LogP contribution in [-0.4, -0.2) is 66.7 Å². The highest BCUT2D eigenvalue weighted by Crippen LogP contribution is 2.49. The van der Waals surface area contributed by atoms with Crippen LogP contribution in [0.15, 0.2) is 53.4 Å². The van der Waals surface area contributed by atoms with Crippen LogP contribution in [0, 0.1) is 11.8 Å². The van der Waals surface area contributed by atoms with E-state index in [1.807, 2.05) is 44.2 Å². The Morgan fingerprint density at radius 3 is 2.40 bits per heavy atom. The maximum Gasteiger partial charge on any atom is 0.408 e. The zero-order chi connectivity index (χ0) is 31.8. The lowest BCUT2D eigenvalue weighted by atomic mass is 10.1. The summed E-state index contributed by atoms with van der Waals surface area (Å²) in [5, 5.41) is 19.1. The minimum Gasteiger partial charge on any atom is -0.481 e. The van der Waals surface area contributed by atoms with Crippen molar-refractivity contribution < 1.29 is 38.2 Å². The van der Waals surface area contributed by atoms with Gasteiger partial charge in [0.2, 0.25) is 13.3 Å². The van der Waals surface area contributed by atoms with Crippen molar-refractivity contribution in [3.63, 3.8) is 0 Å². The smallest absolute Gasteiger partial charge is 0.408 e. The highest BCUT2D eigenvalue weighted by atomic mass is 31.2. The Bertz CT molecular complexity index is 1400. The minimum absolute atomic E-state index is 0.00218. The first-order chi connectivity index (χ1) is 20.1. The molecule has 3 aromatic rings. The van der Waals surface area contributed by atoms with E-state index in [-0.39, 0.29) is 30.9 Å². The summed E-state index contributed by atoms with van der Waals surface area (Å²) in [7, 11) is -4.33. The third-order valence-corrected chi connectivity index (χ3v) is 8.66. The molecule has 0 aliphatic rings. The van der Waals surface area contributed by atoms with Gasteiger partial charge in [-0.05, 0) is 33.1 Å². The fraction of sp³-hybridized carbons (Fsp3) is 0.483. The van der Waals surface area contributed by atoms with Gasteiger partial charge in [0, 0.05) is 42.5 Å². The van der Waals surface area contributed by atoms with E-state index >= 15 is 0 Å². The number of rotatable bonds is 14. The van der Waals surface area contributed by atoms with Crippen molar-refractivity contribution in [1.82, 2.24) is 25.8 Å². The number of nitrogens with one attached hydrogen (secondary N) is 3. The number of hydrogen-bond donors (Lipinski definition) is 5. The molecule has 0 aliphatic heterocycles. The van der Waals surface area contributed by atoms with Gasteiger partial charge in [0.1, 0.15) is 28.9 Å². The van der Waals surface area contributed by atoms with Crippen molar-refractivity contribution in [2.75, 3.05) is 6.16 Å². The van der Waals surface area contributed by atoms with Gasteiger partial charge >= 0.3 is 12.1 Å². The Kier molecular flexibility index (Phi) is 11.3. The second kappa shape index (κ2) is 14.5. The zero-order valence-corrected chi connectivity index (χ0v) is 25.8. The molecule has 234 valence electrons. The van der Waals surface area contributed by atoms with Crippen LogP contribution in [0.1, 0.15) is 52.5 Å². The average molecular weight is 618 g/mol. The lowest BCUT2D eigenvalue weighted by molar-refractivity contribution is -0.141. The van der Waals surface area contributed by atoms with E-state index in [0.29, 0.717) is 11.4 Å². The van der Waals surface area contributed by atoms with Crippen LogP contribution >= 0.6 is 7.37 Å². The van der Waals surface area contributed by atoms with Crippen molar-refractivity contribution >= 4 is 25.3 Å². The highest BCUT2D eigenvalue weighted by molar-refractivity contribution is 7.58. The van der Waals surface area contributed by atoms with Gasteiger partial charge < -0.3 is 34.9 Å². The molecule has 13 nitrogen and oxygen atoms in total. The van der Waals surface area contributed by atoms with Gasteiger partial charge in [-0.25, -0.2) is 9.78 Å². The van der Waals surface area contributed by atoms with E-state index in [1.54, 1.807) is 26.8 Å². The number of imidazole rings is 1. The molecule has 5 N–H and O–H groups in total. The SMILES string of the molecule is CC(C)C[C@@H](NC(=O)[C@H](Cc1cnc[nH]1)NC(=O)OC(C)(C)C)P(=O)(O)C[C@@H](Cc1cc(-c2ccccc2)no1)C(=O)O. The third-order valence-electron chi connectivity index (χ3n) is 6.38. The molecule has 0 saturated heterocycles. The number of ether oxygens (including phenoxy) is 1. The summed E-state index contributed by atoms with van der Waals surface area (Å²) < 4.78 is 24.4. The summed E-state index contributed by atoms with van der Waals surface area (Å²) in [4.78, 5) is 56.2. The Morgan fingerprint density at radius 1 is 1.12 bits per heavy atom. The zero-order valence-electron chi connectivity index (χ0n) is 24.9. The third kappa shape index (κ3) is 10.7. The minimum atomic E-state index is -4.33. The van der Waals surface area contributed by atoms with Crippen LogP contribution in [0.3, 0.4) is 0 Å². The van der Waals surface area contributed by atoms with E-state index in [4.69, 9.17) is 9.26 Å². The van der Waals surface area contributed by atoms with Gasteiger partial charge in [-0.15, -0.1) is 0 Å². The lowest BCUT2D eigenvalue weighted by Crippen LogP contribution is -2.52. The van der Waals surface area contributed by atoms with Gasteiger partial charge in [0.25, 0.3) is 0 Å². The topological polar surface area (TPSA) is 197 Å². The Labute approximate surface area is 250 Å². The second-order valence-electron chi connectivity index (χ2n) is 11.9. The molecule has 2 aromatic heterocycles. The standard InChI is InChI=1S/C29H40N5O8P/c1-18(2)11-25(33-26(35)24(13-21-15-30-17-31-21)32-28(38)41-29(3,4)5)43(39,40)16-20(27(36)37)12-22-14-23(34-42-22)19-9-7-6-8-10-19/h6-10,14-15,17-18,20,24-25H,11-13,16H2,1-5H3,(H,30,31)(H,32,38)(H,33,35)(H,36,37)(H,39,40)/t20-,24+,25+/m1/s1. The number of alkyl carbamates (subject to hydrolysis) is 1. The molecule has 0 saturated carbocycles. The molecule has 14 heteroatoms. The van der Waals surface area contributed by atoms with Crippen molar-refractivity contribution in [2.24, 2.45) is 11.8 Å². The number of carbonyl (C=O) groups excluding carboxylic acids is 2. The van der Waals surface area contributed by atoms with Crippen LogP contribution in [0.4, 0.5) is 4.79 Å². The molecule has 0 spiro atoms. The first-order valence-corrected chi connectivity index (χ1v) is 15.9. The highest BCUT2D eigenvalue weighted by Gasteiger charge is 2.39. The molecule has 1 unspecified atom stereocenters. The molecule has 2 amide bonds. The second-order valence-corrected chi connectivity index (χ2v) is 14.4. The number of aromatic amines is 1. The number of amides is 2. The van der Waals surface area contributed by atoms with Crippen molar-refractivity contribution in [3.8, 4) is 11.3 Å². The van der Waals surface area contributed by atoms with Crippen molar-refractivity contribution in [3.05, 3.63) is 60.4 Å². The number of hydrogen-bond acceptors (Lipinski definition) is 8. The molecule has 43 heavy (non-hydrogen) atoms. The van der Waals surface area contributed by atoms with Gasteiger partial charge in [-0.3, -0.25) is 14.2 Å². The maximum atomic E-state index is 13.8.